The number of carbonyl (C=O) groups excluding carboxylic acids is 1. The first-order valence-electron chi connectivity index (χ1n) is 13.7. The highest BCUT2D eigenvalue weighted by molar-refractivity contribution is 5.85. The Kier molecular flexibility index (Phi) is 8.06. The van der Waals surface area contributed by atoms with E-state index in [0.717, 1.165) is 48.6 Å². The van der Waals surface area contributed by atoms with E-state index >= 15 is 0 Å². The number of rotatable bonds is 12. The average Bonchev–Trinajstić information content (AvgIpc) is 3.67. The summed E-state index contributed by atoms with van der Waals surface area (Å²) in [6.45, 7) is 12.6. The molecular weight excluding hydrogens is 492 g/mol. The standard InChI is InChI=1S/C28H38N10O/c1-20(2)38(21(3)4)15-12-30-26-25-27(37(19-31-25)17-16-35-13-5-6-24(35)39)34-28(33-26)32-22-7-9-23(10-8-22)36-14-11-29-18-36/h7-11,14,18-21H,5-6,12-13,15-17H2,1-4H3,(H2,30,32,33,34). The zero-order valence-electron chi connectivity index (χ0n) is 23.2. The molecule has 1 aliphatic heterocycles. The third kappa shape index (κ3) is 6.19. The Morgan fingerprint density at radius 2 is 1.82 bits per heavy atom. The highest BCUT2D eigenvalue weighted by Crippen LogP contribution is 2.24. The van der Waals surface area contributed by atoms with Gasteiger partial charge in [-0.25, -0.2) is 9.97 Å². The van der Waals surface area contributed by atoms with E-state index in [-0.39, 0.29) is 5.91 Å². The fourth-order valence-corrected chi connectivity index (χ4v) is 5.13. The van der Waals surface area contributed by atoms with Crippen molar-refractivity contribution < 1.29 is 4.79 Å². The molecule has 1 aromatic carbocycles. The molecule has 1 saturated heterocycles. The summed E-state index contributed by atoms with van der Waals surface area (Å²) >= 11 is 0. The van der Waals surface area contributed by atoms with Crippen molar-refractivity contribution in [2.45, 2.75) is 59.2 Å². The molecule has 2 N–H and O–H groups in total. The number of anilines is 3. The fraction of sp³-hybridized carbons (Fsp3) is 0.464. The van der Waals surface area contributed by atoms with Crippen molar-refractivity contribution in [3.63, 3.8) is 0 Å². The Morgan fingerprint density at radius 1 is 1.03 bits per heavy atom. The summed E-state index contributed by atoms with van der Waals surface area (Å²) < 4.78 is 3.96. The van der Waals surface area contributed by atoms with Crippen molar-refractivity contribution in [1.82, 2.24) is 38.9 Å². The zero-order chi connectivity index (χ0) is 27.4. The number of likely N-dealkylation sites (tertiary alicyclic amines) is 1. The molecule has 0 bridgehead atoms. The Morgan fingerprint density at radius 3 is 2.49 bits per heavy atom. The second-order valence-corrected chi connectivity index (χ2v) is 10.5. The van der Waals surface area contributed by atoms with Gasteiger partial charge in [0.1, 0.15) is 0 Å². The molecule has 1 aliphatic rings. The Bertz CT molecular complexity index is 1370. The monoisotopic (exact) mass is 530 g/mol. The molecule has 3 aromatic heterocycles. The Hall–Kier alpha value is -3.99. The van der Waals surface area contributed by atoms with Crippen LogP contribution in [-0.4, -0.2) is 83.0 Å². The van der Waals surface area contributed by atoms with Crippen LogP contribution in [0.5, 0.6) is 0 Å². The van der Waals surface area contributed by atoms with Crippen molar-refractivity contribution in [1.29, 1.82) is 0 Å². The summed E-state index contributed by atoms with van der Waals surface area (Å²) in [5.74, 6) is 1.41. The van der Waals surface area contributed by atoms with E-state index in [1.807, 2.05) is 44.5 Å². The number of hydrogen-bond donors (Lipinski definition) is 2. The molecule has 0 spiro atoms. The summed E-state index contributed by atoms with van der Waals surface area (Å²) in [7, 11) is 0. The molecule has 11 nitrogen and oxygen atoms in total. The van der Waals surface area contributed by atoms with Gasteiger partial charge in [0.15, 0.2) is 17.0 Å². The number of amides is 1. The van der Waals surface area contributed by atoms with Gasteiger partial charge in [-0.3, -0.25) is 9.69 Å². The summed E-state index contributed by atoms with van der Waals surface area (Å²) in [6, 6.07) is 8.93. The summed E-state index contributed by atoms with van der Waals surface area (Å²) in [6.07, 6.45) is 8.80. The van der Waals surface area contributed by atoms with Gasteiger partial charge in [-0.1, -0.05) is 0 Å². The van der Waals surface area contributed by atoms with Gasteiger partial charge in [-0.2, -0.15) is 9.97 Å². The number of nitrogens with one attached hydrogen (secondary N) is 2. The van der Waals surface area contributed by atoms with Crippen molar-refractivity contribution in [2.24, 2.45) is 0 Å². The number of benzene rings is 1. The highest BCUT2D eigenvalue weighted by Gasteiger charge is 2.21. The lowest BCUT2D eigenvalue weighted by Crippen LogP contribution is -2.40. The molecule has 0 atom stereocenters. The first-order chi connectivity index (χ1) is 18.9. The lowest BCUT2D eigenvalue weighted by molar-refractivity contribution is -0.127. The van der Waals surface area contributed by atoms with Crippen LogP contribution in [0, 0.1) is 0 Å². The van der Waals surface area contributed by atoms with Crippen LogP contribution in [0.4, 0.5) is 17.5 Å². The number of carbonyl (C=O) groups is 1. The molecule has 5 rings (SSSR count). The van der Waals surface area contributed by atoms with E-state index in [2.05, 4.69) is 53.2 Å². The molecule has 0 unspecified atom stereocenters. The van der Waals surface area contributed by atoms with E-state index in [0.29, 0.717) is 43.4 Å². The van der Waals surface area contributed by atoms with Crippen LogP contribution in [0.1, 0.15) is 40.5 Å². The number of imidazole rings is 2. The van der Waals surface area contributed by atoms with E-state index in [1.54, 1.807) is 18.9 Å². The third-order valence-electron chi connectivity index (χ3n) is 7.16. The maximum atomic E-state index is 12.1. The van der Waals surface area contributed by atoms with Gasteiger partial charge >= 0.3 is 0 Å². The van der Waals surface area contributed by atoms with Gasteiger partial charge in [-0.05, 0) is 58.4 Å². The SMILES string of the molecule is CC(C)N(CCNc1nc(Nc2ccc(-n3ccnc3)cc2)nc2c1ncn2CCN1CCCC1=O)C(C)C. The predicted molar refractivity (Wildman–Crippen MR) is 153 cm³/mol. The first-order valence-corrected chi connectivity index (χ1v) is 13.7. The molecule has 39 heavy (non-hydrogen) atoms. The molecule has 0 radical (unpaired) electrons. The number of nitrogens with zero attached hydrogens (tertiary/aromatic N) is 8. The molecule has 0 saturated carbocycles. The largest absolute Gasteiger partial charge is 0.367 e. The lowest BCUT2D eigenvalue weighted by Gasteiger charge is -2.30. The van der Waals surface area contributed by atoms with Gasteiger partial charge in [0.05, 0.1) is 12.7 Å². The van der Waals surface area contributed by atoms with Crippen LogP contribution in [0.25, 0.3) is 16.9 Å². The van der Waals surface area contributed by atoms with Crippen LogP contribution in [0.3, 0.4) is 0 Å². The summed E-state index contributed by atoms with van der Waals surface area (Å²) in [4.78, 5) is 34.9. The zero-order valence-corrected chi connectivity index (χ0v) is 23.2. The quantitative estimate of drug-likeness (QED) is 0.284. The average molecular weight is 531 g/mol. The summed E-state index contributed by atoms with van der Waals surface area (Å²) in [5.41, 5.74) is 3.36. The summed E-state index contributed by atoms with van der Waals surface area (Å²) in [5, 5.41) is 6.88. The molecule has 206 valence electrons. The Balaban J connectivity index is 1.38. The predicted octanol–water partition coefficient (Wildman–Crippen LogP) is 3.91. The maximum Gasteiger partial charge on any atom is 0.231 e. The molecule has 11 heteroatoms. The number of fused-ring (bicyclic) bond motifs is 1. The normalized spacial score (nSPS) is 13.9. The van der Waals surface area contributed by atoms with Crippen LogP contribution in [0.15, 0.2) is 49.3 Å². The van der Waals surface area contributed by atoms with Gasteiger partial charge in [-0.15, -0.1) is 0 Å². The molecule has 4 heterocycles. The van der Waals surface area contributed by atoms with Crippen molar-refractivity contribution >= 4 is 34.5 Å². The molecule has 4 aromatic rings. The van der Waals surface area contributed by atoms with Crippen LogP contribution >= 0.6 is 0 Å². The second-order valence-electron chi connectivity index (χ2n) is 10.5. The number of aromatic nitrogens is 6. The van der Waals surface area contributed by atoms with Gasteiger partial charge in [0.2, 0.25) is 11.9 Å². The van der Waals surface area contributed by atoms with Crippen LogP contribution in [0.2, 0.25) is 0 Å². The Labute approximate surface area is 229 Å². The van der Waals surface area contributed by atoms with Crippen molar-refractivity contribution in [2.75, 3.05) is 36.8 Å². The molecular formula is C28H38N10O. The van der Waals surface area contributed by atoms with Crippen LogP contribution in [-0.2, 0) is 11.3 Å². The van der Waals surface area contributed by atoms with Crippen molar-refractivity contribution in [3.8, 4) is 5.69 Å². The van der Waals surface area contributed by atoms with Gasteiger partial charge < -0.3 is 24.7 Å². The second kappa shape index (κ2) is 11.8. The van der Waals surface area contributed by atoms with Gasteiger partial charge in [0, 0.05) is 75.0 Å². The van der Waals surface area contributed by atoms with E-state index < -0.39 is 0 Å². The smallest absolute Gasteiger partial charge is 0.231 e. The third-order valence-corrected chi connectivity index (χ3v) is 7.16. The number of hydrogen-bond acceptors (Lipinski definition) is 8. The minimum absolute atomic E-state index is 0.220. The minimum atomic E-state index is 0.220. The maximum absolute atomic E-state index is 12.1. The topological polar surface area (TPSA) is 109 Å². The van der Waals surface area contributed by atoms with Gasteiger partial charge in [0.25, 0.3) is 0 Å². The lowest BCUT2D eigenvalue weighted by atomic mass is 10.2. The van der Waals surface area contributed by atoms with Crippen LogP contribution < -0.4 is 10.6 Å². The van der Waals surface area contributed by atoms with E-state index in [9.17, 15) is 4.79 Å². The highest BCUT2D eigenvalue weighted by atomic mass is 16.2. The van der Waals surface area contributed by atoms with E-state index in [1.165, 1.54) is 0 Å². The van der Waals surface area contributed by atoms with Crippen molar-refractivity contribution in [3.05, 3.63) is 49.3 Å². The fourth-order valence-electron chi connectivity index (χ4n) is 5.13. The minimum Gasteiger partial charge on any atom is -0.367 e. The molecule has 1 fully saturated rings. The first kappa shape index (κ1) is 26.6. The molecule has 1 amide bonds. The van der Waals surface area contributed by atoms with E-state index in [4.69, 9.17) is 9.97 Å². The molecule has 0 aliphatic carbocycles.